The van der Waals surface area contributed by atoms with Crippen LogP contribution in [0, 0.1) is 0 Å². The first-order chi connectivity index (χ1) is 8.27. The molecule has 0 unspecified atom stereocenters. The van der Waals surface area contributed by atoms with E-state index < -0.39 is 5.91 Å². The molecule has 0 fully saturated rings. The lowest BCUT2D eigenvalue weighted by Gasteiger charge is -2.12. The van der Waals surface area contributed by atoms with E-state index in [1.165, 1.54) is 0 Å². The van der Waals surface area contributed by atoms with Crippen LogP contribution in [0.2, 0.25) is 0 Å². The van der Waals surface area contributed by atoms with Gasteiger partial charge in [0.15, 0.2) is 0 Å². The molecule has 1 amide bonds. The molecule has 17 heavy (non-hydrogen) atoms. The lowest BCUT2D eigenvalue weighted by Crippen LogP contribution is -2.19. The van der Waals surface area contributed by atoms with Crippen molar-refractivity contribution in [2.75, 3.05) is 0 Å². The van der Waals surface area contributed by atoms with Gasteiger partial charge in [-0.15, -0.1) is 0 Å². The molecule has 0 saturated heterocycles. The molecule has 0 heterocycles. The summed E-state index contributed by atoms with van der Waals surface area (Å²) >= 11 is 0.986. The summed E-state index contributed by atoms with van der Waals surface area (Å²) in [5.74, 6) is -0.431. The van der Waals surface area contributed by atoms with Crippen LogP contribution < -0.4 is 0 Å². The predicted molar refractivity (Wildman–Crippen MR) is 66.7 cm³/mol. The molecule has 2 rings (SSSR count). The van der Waals surface area contributed by atoms with E-state index in [0.29, 0.717) is 10.0 Å². The minimum atomic E-state index is -0.431. The van der Waals surface area contributed by atoms with E-state index in [2.05, 4.69) is 0 Å². The Morgan fingerprint density at radius 2 is 1.47 bits per heavy atom. The summed E-state index contributed by atoms with van der Waals surface area (Å²) in [6.07, 6.45) is 0. The second-order valence-electron chi connectivity index (χ2n) is 3.35. The molecule has 3 nitrogen and oxygen atoms in total. The fraction of sp³-hybridized carbons (Fsp3) is 0. The van der Waals surface area contributed by atoms with Gasteiger partial charge in [-0.2, -0.15) is 4.47 Å². The summed E-state index contributed by atoms with van der Waals surface area (Å²) in [6.45, 7) is 0. The molecule has 0 bridgehead atoms. The van der Waals surface area contributed by atoms with Gasteiger partial charge in [-0.25, -0.2) is 0 Å². The number of carbonyl (C=O) groups excluding carboxylic acids is 1. The van der Waals surface area contributed by atoms with Crippen molar-refractivity contribution in [3.05, 3.63) is 66.2 Å². The van der Waals surface area contributed by atoms with Crippen LogP contribution in [-0.4, -0.2) is 15.6 Å². The summed E-state index contributed by atoms with van der Waals surface area (Å²) in [5.41, 5.74) is 0.457. The first kappa shape index (κ1) is 11.7. The first-order valence-corrected chi connectivity index (χ1v) is 5.86. The Morgan fingerprint density at radius 1 is 0.941 bits per heavy atom. The molecule has 0 spiro atoms. The van der Waals surface area contributed by atoms with E-state index in [4.69, 9.17) is 0 Å². The van der Waals surface area contributed by atoms with Crippen LogP contribution >= 0.6 is 11.9 Å². The van der Waals surface area contributed by atoms with E-state index in [1.54, 1.807) is 24.3 Å². The van der Waals surface area contributed by atoms with Crippen molar-refractivity contribution in [1.29, 1.82) is 0 Å². The molecule has 86 valence electrons. The van der Waals surface area contributed by atoms with Crippen LogP contribution in [0.15, 0.2) is 65.6 Å². The van der Waals surface area contributed by atoms with Crippen molar-refractivity contribution >= 4 is 17.9 Å². The standard InChI is InChI=1S/C13H11NO2S/c15-13(11-7-3-1-4-8-11)14(16)17-12-9-5-2-6-10-12/h1-10,16H. The fourth-order valence-electron chi connectivity index (χ4n) is 1.31. The number of hydroxylamine groups is 1. The highest BCUT2D eigenvalue weighted by Crippen LogP contribution is 2.21. The Bertz CT molecular complexity index is 487. The molecule has 0 saturated carbocycles. The summed E-state index contributed by atoms with van der Waals surface area (Å²) in [5, 5.41) is 9.67. The molecule has 2 aromatic carbocycles. The van der Waals surface area contributed by atoms with Gasteiger partial charge < -0.3 is 0 Å². The average Bonchev–Trinajstić information content (AvgIpc) is 2.40. The maximum absolute atomic E-state index is 11.8. The van der Waals surface area contributed by atoms with Crippen molar-refractivity contribution in [2.45, 2.75) is 4.90 Å². The van der Waals surface area contributed by atoms with E-state index >= 15 is 0 Å². The molecule has 2 aromatic rings. The summed E-state index contributed by atoms with van der Waals surface area (Å²) in [7, 11) is 0. The number of amides is 1. The number of nitrogens with zero attached hydrogens (tertiary/aromatic N) is 1. The summed E-state index contributed by atoms with van der Waals surface area (Å²) in [4.78, 5) is 12.6. The maximum Gasteiger partial charge on any atom is 0.288 e. The lowest BCUT2D eigenvalue weighted by atomic mass is 10.2. The van der Waals surface area contributed by atoms with Crippen molar-refractivity contribution in [3.63, 3.8) is 0 Å². The second kappa shape index (κ2) is 5.52. The van der Waals surface area contributed by atoms with Crippen molar-refractivity contribution in [2.24, 2.45) is 0 Å². The smallest absolute Gasteiger partial charge is 0.275 e. The molecule has 0 atom stereocenters. The third kappa shape index (κ3) is 3.09. The van der Waals surface area contributed by atoms with E-state index in [0.717, 1.165) is 16.8 Å². The molecule has 1 N–H and O–H groups in total. The quantitative estimate of drug-likeness (QED) is 0.513. The largest absolute Gasteiger partial charge is 0.288 e. The van der Waals surface area contributed by atoms with Gasteiger partial charge in [0.05, 0.1) is 0 Å². The van der Waals surface area contributed by atoms with Crippen molar-refractivity contribution in [3.8, 4) is 0 Å². The van der Waals surface area contributed by atoms with E-state index in [-0.39, 0.29) is 0 Å². The minimum absolute atomic E-state index is 0.431. The van der Waals surface area contributed by atoms with Crippen molar-refractivity contribution < 1.29 is 10.0 Å². The van der Waals surface area contributed by atoms with Gasteiger partial charge in [0.2, 0.25) is 0 Å². The fourth-order valence-corrected chi connectivity index (χ4v) is 1.98. The summed E-state index contributed by atoms with van der Waals surface area (Å²) < 4.78 is 0.644. The third-order valence-electron chi connectivity index (χ3n) is 2.13. The molecule has 0 radical (unpaired) electrons. The van der Waals surface area contributed by atoms with Gasteiger partial charge in [0.25, 0.3) is 5.91 Å². The number of hydrogen-bond acceptors (Lipinski definition) is 3. The van der Waals surface area contributed by atoms with Crippen LogP contribution in [0.25, 0.3) is 0 Å². The Balaban J connectivity index is 2.06. The Hall–Kier alpha value is -1.78. The van der Waals surface area contributed by atoms with Crippen LogP contribution in [0.1, 0.15) is 10.4 Å². The maximum atomic E-state index is 11.8. The number of hydrogen-bond donors (Lipinski definition) is 1. The SMILES string of the molecule is O=C(c1ccccc1)N(O)Sc1ccccc1. The number of rotatable bonds is 3. The molecule has 0 aliphatic carbocycles. The first-order valence-electron chi connectivity index (χ1n) is 5.09. The highest BCUT2D eigenvalue weighted by atomic mass is 32.2. The third-order valence-corrected chi connectivity index (χ3v) is 2.95. The van der Waals surface area contributed by atoms with Gasteiger partial charge in [0.1, 0.15) is 0 Å². The Kier molecular flexibility index (Phi) is 3.80. The molecule has 4 heteroatoms. The summed E-state index contributed by atoms with van der Waals surface area (Å²) in [6, 6.07) is 17.9. The van der Waals surface area contributed by atoms with Gasteiger partial charge in [-0.3, -0.25) is 10.0 Å². The van der Waals surface area contributed by atoms with Gasteiger partial charge in [-0.05, 0) is 24.3 Å². The number of carbonyl (C=O) groups is 1. The van der Waals surface area contributed by atoms with Crippen LogP contribution in [0.5, 0.6) is 0 Å². The van der Waals surface area contributed by atoms with Crippen LogP contribution in [0.3, 0.4) is 0 Å². The van der Waals surface area contributed by atoms with E-state index in [9.17, 15) is 10.0 Å². The topological polar surface area (TPSA) is 40.5 Å². The highest BCUT2D eigenvalue weighted by Gasteiger charge is 2.14. The highest BCUT2D eigenvalue weighted by molar-refractivity contribution is 7.97. The van der Waals surface area contributed by atoms with Crippen LogP contribution in [0.4, 0.5) is 0 Å². The predicted octanol–water partition coefficient (Wildman–Crippen LogP) is 3.23. The monoisotopic (exact) mass is 245 g/mol. The zero-order valence-corrected chi connectivity index (χ0v) is 9.80. The second-order valence-corrected chi connectivity index (χ2v) is 4.35. The minimum Gasteiger partial charge on any atom is -0.275 e. The number of benzene rings is 2. The zero-order chi connectivity index (χ0) is 12.1. The molecule has 0 aromatic heterocycles. The average molecular weight is 245 g/mol. The zero-order valence-electron chi connectivity index (χ0n) is 8.98. The molecule has 0 aliphatic heterocycles. The Labute approximate surface area is 104 Å². The molecular formula is C13H11NO2S. The normalized spacial score (nSPS) is 9.94. The Morgan fingerprint density at radius 3 is 2.06 bits per heavy atom. The molecule has 0 aliphatic rings. The van der Waals surface area contributed by atoms with Gasteiger partial charge in [0, 0.05) is 22.4 Å². The van der Waals surface area contributed by atoms with E-state index in [1.807, 2.05) is 36.4 Å². The van der Waals surface area contributed by atoms with Crippen LogP contribution in [-0.2, 0) is 0 Å². The molecular weight excluding hydrogens is 234 g/mol. The van der Waals surface area contributed by atoms with Gasteiger partial charge in [-0.1, -0.05) is 36.4 Å². The lowest BCUT2D eigenvalue weighted by molar-refractivity contribution is 0.0155. The van der Waals surface area contributed by atoms with Gasteiger partial charge >= 0.3 is 0 Å². The van der Waals surface area contributed by atoms with Crippen molar-refractivity contribution in [1.82, 2.24) is 4.47 Å².